The van der Waals surface area contributed by atoms with Crippen molar-refractivity contribution in [2.45, 2.75) is 68.9 Å². The molecule has 0 aliphatic carbocycles. The molecule has 19 heteroatoms. The van der Waals surface area contributed by atoms with E-state index >= 15 is 0 Å². The number of benzene rings is 8. The molecule has 0 fully saturated rings. The Morgan fingerprint density at radius 3 is 1.11 bits per heavy atom. The van der Waals surface area contributed by atoms with Crippen molar-refractivity contribution in [3.05, 3.63) is 256 Å². The number of carboxylic acids is 3. The van der Waals surface area contributed by atoms with Crippen LogP contribution < -0.4 is 18.9 Å². The Balaban J connectivity index is 0.000000198. The van der Waals surface area contributed by atoms with Crippen molar-refractivity contribution in [1.82, 2.24) is 0 Å². The number of hydrogen-bond donors (Lipinski definition) is 6. The summed E-state index contributed by atoms with van der Waals surface area (Å²) in [5, 5.41) is 27.2. The van der Waals surface area contributed by atoms with Crippen LogP contribution in [0.25, 0.3) is 0 Å². The van der Waals surface area contributed by atoms with E-state index in [1.807, 2.05) is 85.8 Å². The molecule has 0 aromatic heterocycles. The van der Waals surface area contributed by atoms with Crippen molar-refractivity contribution in [2.24, 2.45) is 0 Å². The van der Waals surface area contributed by atoms with Gasteiger partial charge in [-0.1, -0.05) is 116 Å². The molecule has 0 radical (unpaired) electrons. The van der Waals surface area contributed by atoms with Crippen LogP contribution in [0.1, 0.15) is 89.8 Å². The minimum absolute atomic E-state index is 0.0833. The molecule has 0 saturated carbocycles. The third kappa shape index (κ3) is 21.0. The Morgan fingerprint density at radius 2 is 0.744 bits per heavy atom. The Kier molecular flexibility index (Phi) is 23.0. The molecule has 16 nitrogen and oxygen atoms in total. The molecule has 0 saturated heterocycles. The highest BCUT2D eigenvalue weighted by molar-refractivity contribution is 7.93. The predicted molar refractivity (Wildman–Crippen MR) is 321 cm³/mol. The van der Waals surface area contributed by atoms with Crippen LogP contribution in [0.4, 0.5) is 17.1 Å². The predicted octanol–water partition coefficient (Wildman–Crippen LogP) is 11.8. The zero-order valence-corrected chi connectivity index (χ0v) is 47.7. The Hall–Kier alpha value is -8.78. The lowest BCUT2D eigenvalue weighted by atomic mass is 10.0. The highest BCUT2D eigenvalue weighted by Gasteiger charge is 2.16. The molecule has 0 amide bonds. The summed E-state index contributed by atoms with van der Waals surface area (Å²) >= 11 is 0. The van der Waals surface area contributed by atoms with E-state index in [0.717, 1.165) is 45.4 Å². The van der Waals surface area contributed by atoms with Gasteiger partial charge < -0.3 is 20.1 Å². The molecule has 0 aliphatic rings. The van der Waals surface area contributed by atoms with Gasteiger partial charge in [0.15, 0.2) is 0 Å². The maximum Gasteiger partial charge on any atom is 0.335 e. The minimum Gasteiger partial charge on any atom is -0.497 e. The summed E-state index contributed by atoms with van der Waals surface area (Å²) in [6.07, 6.45) is 5.50. The first-order chi connectivity index (χ1) is 39.2. The second kappa shape index (κ2) is 30.2. The van der Waals surface area contributed by atoms with Crippen molar-refractivity contribution >= 4 is 65.0 Å². The van der Waals surface area contributed by atoms with Crippen LogP contribution in [-0.4, -0.2) is 71.3 Å². The van der Waals surface area contributed by atoms with Gasteiger partial charge in [-0.05, 0) is 181 Å². The largest absolute Gasteiger partial charge is 0.497 e. The number of aryl methyl sites for hydroxylation is 6. The van der Waals surface area contributed by atoms with Crippen LogP contribution in [0.2, 0.25) is 0 Å². The third-order valence-corrected chi connectivity index (χ3v) is 16.6. The zero-order chi connectivity index (χ0) is 59.1. The number of rotatable bonds is 25. The number of carbonyl (C=O) groups is 3. The average molecular weight is 1170 g/mol. The Bertz CT molecular complexity index is 3780. The third-order valence-electron chi connectivity index (χ3n) is 12.5. The molecular weight excluding hydrogens is 1100 g/mol. The van der Waals surface area contributed by atoms with Gasteiger partial charge in [-0.15, -0.1) is 0 Å². The fourth-order valence-electron chi connectivity index (χ4n) is 8.36. The Labute approximate surface area is 479 Å². The number of methoxy groups -OCH3 is 1. The molecule has 6 N–H and O–H groups in total. The van der Waals surface area contributed by atoms with Crippen LogP contribution in [0.3, 0.4) is 0 Å². The number of carboxylic acid groups (broad SMARTS) is 3. The molecule has 8 rings (SSSR count). The highest BCUT2D eigenvalue weighted by Crippen LogP contribution is 2.23. The SMILES string of the molecule is CCCCS(=O)(=O)Nc1cccc(CCc2cccc(C(=O)O)c2)c1.COc1ccc(S(=O)(=O)Nc2cccc(CCc3cccc(C(=O)O)c3)c2)cc1.O=C(O)c1cccc(CCc2cccc(NS(=O)(=O)Cc3ccccc3)c2)c1. The molecule has 0 bridgehead atoms. The van der Waals surface area contributed by atoms with Crippen LogP contribution in [0.5, 0.6) is 5.75 Å². The van der Waals surface area contributed by atoms with E-state index in [4.69, 9.17) is 20.1 Å². The van der Waals surface area contributed by atoms with E-state index in [-0.39, 0.29) is 33.1 Å². The van der Waals surface area contributed by atoms with Crippen molar-refractivity contribution < 1.29 is 59.7 Å². The van der Waals surface area contributed by atoms with Crippen molar-refractivity contribution in [3.63, 3.8) is 0 Å². The number of nitrogens with one attached hydrogen (secondary N) is 3. The van der Waals surface area contributed by atoms with E-state index < -0.39 is 48.0 Å². The van der Waals surface area contributed by atoms with Gasteiger partial charge in [-0.3, -0.25) is 14.2 Å². The lowest BCUT2D eigenvalue weighted by molar-refractivity contribution is 0.0686. The fraction of sp³-hybridized carbons (Fsp3) is 0.190. The van der Waals surface area contributed by atoms with Gasteiger partial charge in [0.25, 0.3) is 10.0 Å². The first-order valence-corrected chi connectivity index (χ1v) is 30.9. The highest BCUT2D eigenvalue weighted by atomic mass is 32.2. The number of anilines is 3. The number of hydrogen-bond acceptors (Lipinski definition) is 10. The quantitative estimate of drug-likeness (QED) is 0.0311. The number of unbranched alkanes of at least 4 members (excludes halogenated alkanes) is 1. The second-order valence-corrected chi connectivity index (χ2v) is 24.3. The summed E-state index contributed by atoms with van der Waals surface area (Å²) in [4.78, 5) is 33.3. The fourth-order valence-corrected chi connectivity index (χ4v) is 11.9. The van der Waals surface area contributed by atoms with Crippen LogP contribution in [0.15, 0.2) is 205 Å². The molecule has 0 atom stereocenters. The molecule has 0 heterocycles. The standard InChI is InChI=1S/C22H21NO5S.C22H21NO4S.C19H23NO4S/c1-28-20-10-12-21(13-11-20)29(26,27)23-19-7-3-5-17(15-19)9-8-16-4-2-6-18(14-16)22(24)25;24-22(25)20-10-4-8-17(14-20)12-13-18-9-5-11-21(15-18)23-28(26,27)16-19-6-2-1-3-7-19;1-2-3-12-25(23,24)20-18-9-5-7-16(14-18)11-10-15-6-4-8-17(13-15)19(21)22/h2-7,10-15,23H,8-9H2,1H3,(H,24,25);1-11,14-15,23H,12-13,16H2,(H,24,25);4-9,13-14,20H,2-3,10-12H2,1H3,(H,21,22). The van der Waals surface area contributed by atoms with Gasteiger partial charge in [0.2, 0.25) is 20.0 Å². The zero-order valence-electron chi connectivity index (χ0n) is 45.3. The molecule has 82 heavy (non-hydrogen) atoms. The van der Waals surface area contributed by atoms with Crippen molar-refractivity contribution in [2.75, 3.05) is 27.0 Å². The first kappa shape index (κ1) is 62.4. The van der Waals surface area contributed by atoms with E-state index in [0.29, 0.717) is 67.8 Å². The van der Waals surface area contributed by atoms with Gasteiger partial charge in [-0.2, -0.15) is 0 Å². The smallest absolute Gasteiger partial charge is 0.335 e. The summed E-state index contributed by atoms with van der Waals surface area (Å²) in [5.41, 5.74) is 8.76. The minimum atomic E-state index is -3.71. The molecular formula is C63H65N3O13S3. The van der Waals surface area contributed by atoms with Gasteiger partial charge in [0.05, 0.1) is 40.2 Å². The van der Waals surface area contributed by atoms with Crippen LogP contribution >= 0.6 is 0 Å². The van der Waals surface area contributed by atoms with Gasteiger partial charge in [-0.25, -0.2) is 39.6 Å². The van der Waals surface area contributed by atoms with Gasteiger partial charge in [0, 0.05) is 17.1 Å². The van der Waals surface area contributed by atoms with E-state index in [2.05, 4.69) is 14.2 Å². The molecule has 0 spiro atoms. The van der Waals surface area contributed by atoms with Crippen molar-refractivity contribution in [3.8, 4) is 5.75 Å². The average Bonchev–Trinajstić information content (AvgIpc) is 3.54. The lowest BCUT2D eigenvalue weighted by Gasteiger charge is -2.10. The number of aromatic carboxylic acids is 3. The van der Waals surface area contributed by atoms with E-state index in [1.165, 1.54) is 19.2 Å². The number of ether oxygens (including phenoxy) is 1. The molecule has 0 aliphatic heterocycles. The van der Waals surface area contributed by atoms with Crippen LogP contribution in [-0.2, 0) is 74.3 Å². The first-order valence-electron chi connectivity index (χ1n) is 26.1. The Morgan fingerprint density at radius 1 is 0.402 bits per heavy atom. The maximum atomic E-state index is 12.6. The molecule has 0 unspecified atom stereocenters. The summed E-state index contributed by atoms with van der Waals surface area (Å²) < 4.78 is 86.8. The lowest BCUT2D eigenvalue weighted by Crippen LogP contribution is -2.16. The number of sulfonamides is 3. The molecule has 8 aromatic carbocycles. The van der Waals surface area contributed by atoms with Gasteiger partial charge in [0.1, 0.15) is 5.75 Å². The van der Waals surface area contributed by atoms with E-state index in [1.54, 1.807) is 109 Å². The van der Waals surface area contributed by atoms with E-state index in [9.17, 15) is 39.6 Å². The van der Waals surface area contributed by atoms with Crippen LogP contribution in [0, 0.1) is 0 Å². The monoisotopic (exact) mass is 1170 g/mol. The molecule has 8 aromatic rings. The summed E-state index contributed by atoms with van der Waals surface area (Å²) in [6.45, 7) is 1.95. The topological polar surface area (TPSA) is 260 Å². The maximum absolute atomic E-state index is 12.6. The van der Waals surface area contributed by atoms with Crippen molar-refractivity contribution in [1.29, 1.82) is 0 Å². The van der Waals surface area contributed by atoms with Gasteiger partial charge >= 0.3 is 17.9 Å². The normalized spacial score (nSPS) is 11.1. The summed E-state index contributed by atoms with van der Waals surface area (Å²) in [6, 6.07) is 57.4. The summed E-state index contributed by atoms with van der Waals surface area (Å²) in [7, 11) is -9.00. The summed E-state index contributed by atoms with van der Waals surface area (Å²) in [5.74, 6) is -2.22. The second-order valence-electron chi connectivity index (χ2n) is 19.0. The molecule has 428 valence electrons.